The number of nitrogens with zero attached hydrogens (tertiary/aromatic N) is 2. The molecule has 0 aliphatic rings. The first-order valence-corrected chi connectivity index (χ1v) is 5.71. The van der Waals surface area contributed by atoms with Gasteiger partial charge in [-0.05, 0) is 35.4 Å². The third-order valence-electron chi connectivity index (χ3n) is 2.70. The summed E-state index contributed by atoms with van der Waals surface area (Å²) in [4.78, 5) is 0. The second-order valence-electron chi connectivity index (χ2n) is 4.04. The van der Waals surface area contributed by atoms with E-state index in [4.69, 9.17) is 10.5 Å². The molecule has 2 nitrogen and oxygen atoms in total. The normalized spacial score (nSPS) is 10.2. The van der Waals surface area contributed by atoms with E-state index in [0.29, 0.717) is 11.1 Å². The van der Waals surface area contributed by atoms with Crippen molar-refractivity contribution in [3.05, 3.63) is 70.3 Å². The third kappa shape index (κ3) is 2.88. The van der Waals surface area contributed by atoms with Gasteiger partial charge in [0.2, 0.25) is 0 Å². The number of benzene rings is 2. The molecule has 0 aromatic heterocycles. The quantitative estimate of drug-likeness (QED) is 0.774. The molecule has 0 spiro atoms. The lowest BCUT2D eigenvalue weighted by molar-refractivity contribution is 0.623. The molecule has 0 saturated carbocycles. The lowest BCUT2D eigenvalue weighted by atomic mass is 10.1. The van der Waals surface area contributed by atoms with Crippen molar-refractivity contribution in [3.63, 3.8) is 0 Å². The number of hydrogen-bond donors (Lipinski definition) is 0. The molecule has 0 aliphatic heterocycles. The highest BCUT2D eigenvalue weighted by atomic mass is 19.1. The zero-order chi connectivity index (χ0) is 14.5. The third-order valence-corrected chi connectivity index (χ3v) is 2.70. The van der Waals surface area contributed by atoms with Crippen LogP contribution in [-0.4, -0.2) is 0 Å². The van der Waals surface area contributed by atoms with E-state index in [1.807, 2.05) is 0 Å². The van der Waals surface area contributed by atoms with Crippen molar-refractivity contribution in [2.75, 3.05) is 0 Å². The Labute approximate surface area is 114 Å². The maximum absolute atomic E-state index is 13.4. The van der Waals surface area contributed by atoms with Crippen LogP contribution in [0.1, 0.15) is 22.3 Å². The van der Waals surface area contributed by atoms with Gasteiger partial charge in [-0.2, -0.15) is 10.5 Å². The molecule has 4 heteroatoms. The minimum atomic E-state index is -0.597. The lowest BCUT2D eigenvalue weighted by Crippen LogP contribution is -1.85. The Morgan fingerprint density at radius 1 is 0.750 bits per heavy atom. The van der Waals surface area contributed by atoms with Gasteiger partial charge in [-0.15, -0.1) is 0 Å². The average molecular weight is 266 g/mol. The minimum absolute atomic E-state index is 0.0217. The Balaban J connectivity index is 2.26. The summed E-state index contributed by atoms with van der Waals surface area (Å²) in [6, 6.07) is 11.9. The molecule has 96 valence electrons. The lowest BCUT2D eigenvalue weighted by Gasteiger charge is -1.98. The smallest absolute Gasteiger partial charge is 0.141 e. The van der Waals surface area contributed by atoms with Crippen LogP contribution in [0.5, 0.6) is 0 Å². The van der Waals surface area contributed by atoms with Crippen LogP contribution in [0.4, 0.5) is 8.78 Å². The minimum Gasteiger partial charge on any atom is -0.206 e. The summed E-state index contributed by atoms with van der Waals surface area (Å²) in [6.07, 6.45) is 3.20. The van der Waals surface area contributed by atoms with Crippen molar-refractivity contribution in [1.29, 1.82) is 10.5 Å². The van der Waals surface area contributed by atoms with Crippen LogP contribution in [0.15, 0.2) is 36.4 Å². The fourth-order valence-electron chi connectivity index (χ4n) is 1.64. The molecule has 0 N–H and O–H groups in total. The molecule has 0 atom stereocenters. The monoisotopic (exact) mass is 266 g/mol. The van der Waals surface area contributed by atoms with Crippen molar-refractivity contribution in [2.24, 2.45) is 0 Å². The van der Waals surface area contributed by atoms with Gasteiger partial charge in [-0.25, -0.2) is 8.78 Å². The van der Waals surface area contributed by atoms with Crippen molar-refractivity contribution >= 4 is 12.2 Å². The molecule has 0 unspecified atom stereocenters. The van der Waals surface area contributed by atoms with Gasteiger partial charge in [-0.3, -0.25) is 0 Å². The molecule has 0 saturated heterocycles. The van der Waals surface area contributed by atoms with Gasteiger partial charge in [0.05, 0.1) is 11.1 Å². The molecular formula is C16H8F2N2. The first kappa shape index (κ1) is 13.5. The Hall–Kier alpha value is -2.98. The molecular weight excluding hydrogens is 258 g/mol. The Morgan fingerprint density at radius 2 is 1.15 bits per heavy atom. The predicted molar refractivity (Wildman–Crippen MR) is 71.2 cm³/mol. The molecule has 0 fully saturated rings. The van der Waals surface area contributed by atoms with Crippen LogP contribution in [0, 0.1) is 34.3 Å². The van der Waals surface area contributed by atoms with Gasteiger partial charge in [0.25, 0.3) is 0 Å². The zero-order valence-corrected chi connectivity index (χ0v) is 10.3. The average Bonchev–Trinajstić information content (AvgIpc) is 2.45. The molecule has 0 bridgehead atoms. The highest BCUT2D eigenvalue weighted by Gasteiger charge is 2.02. The van der Waals surface area contributed by atoms with Crippen molar-refractivity contribution < 1.29 is 8.78 Å². The zero-order valence-electron chi connectivity index (χ0n) is 10.3. The number of hydrogen-bond acceptors (Lipinski definition) is 2. The van der Waals surface area contributed by atoms with Crippen LogP contribution < -0.4 is 0 Å². The summed E-state index contributed by atoms with van der Waals surface area (Å²) in [5, 5.41) is 17.2. The molecule has 2 aromatic rings. The van der Waals surface area contributed by atoms with E-state index in [1.165, 1.54) is 24.3 Å². The topological polar surface area (TPSA) is 47.6 Å². The van der Waals surface area contributed by atoms with E-state index in [9.17, 15) is 8.78 Å². The first-order chi connectivity index (χ1) is 9.63. The summed E-state index contributed by atoms with van der Waals surface area (Å²) in [5.41, 5.74) is 1.08. The summed E-state index contributed by atoms with van der Waals surface area (Å²) in [6.45, 7) is 0. The van der Waals surface area contributed by atoms with Crippen molar-refractivity contribution in [2.45, 2.75) is 0 Å². The van der Waals surface area contributed by atoms with E-state index < -0.39 is 11.6 Å². The fourth-order valence-corrected chi connectivity index (χ4v) is 1.64. The molecule has 20 heavy (non-hydrogen) atoms. The predicted octanol–water partition coefficient (Wildman–Crippen LogP) is 3.88. The van der Waals surface area contributed by atoms with Gasteiger partial charge in [0.15, 0.2) is 0 Å². The molecule has 0 radical (unpaired) electrons. The van der Waals surface area contributed by atoms with E-state index >= 15 is 0 Å². The van der Waals surface area contributed by atoms with E-state index in [1.54, 1.807) is 36.4 Å². The molecule has 0 amide bonds. The summed E-state index contributed by atoms with van der Waals surface area (Å²) in [5.74, 6) is -1.19. The van der Waals surface area contributed by atoms with Crippen LogP contribution in [-0.2, 0) is 0 Å². The molecule has 0 heterocycles. The van der Waals surface area contributed by atoms with E-state index in [-0.39, 0.29) is 11.1 Å². The maximum atomic E-state index is 13.4. The van der Waals surface area contributed by atoms with Gasteiger partial charge < -0.3 is 0 Å². The van der Waals surface area contributed by atoms with Crippen LogP contribution in [0.3, 0.4) is 0 Å². The fraction of sp³-hybridized carbons (Fsp3) is 0. The van der Waals surface area contributed by atoms with E-state index in [2.05, 4.69) is 0 Å². The number of rotatable bonds is 2. The molecule has 2 rings (SSSR count). The molecule has 2 aromatic carbocycles. The highest BCUT2D eigenvalue weighted by Crippen LogP contribution is 2.15. The Kier molecular flexibility index (Phi) is 3.88. The van der Waals surface area contributed by atoms with Crippen LogP contribution in [0.2, 0.25) is 0 Å². The van der Waals surface area contributed by atoms with E-state index in [0.717, 1.165) is 0 Å². The second kappa shape index (κ2) is 5.77. The SMILES string of the molecule is N#Cc1ccc(C=Cc2ccc(C#N)c(F)c2)cc1F. The molecule has 0 aliphatic carbocycles. The van der Waals surface area contributed by atoms with Crippen LogP contribution in [0.25, 0.3) is 12.2 Å². The van der Waals surface area contributed by atoms with Gasteiger partial charge in [0.1, 0.15) is 23.8 Å². The van der Waals surface area contributed by atoms with Crippen LogP contribution >= 0.6 is 0 Å². The second-order valence-corrected chi connectivity index (χ2v) is 4.04. The summed E-state index contributed by atoms with van der Waals surface area (Å²) in [7, 11) is 0. The van der Waals surface area contributed by atoms with Crippen molar-refractivity contribution in [3.8, 4) is 12.1 Å². The van der Waals surface area contributed by atoms with Gasteiger partial charge in [-0.1, -0.05) is 24.3 Å². The van der Waals surface area contributed by atoms with Gasteiger partial charge in [0, 0.05) is 0 Å². The number of nitriles is 2. The Bertz CT molecular complexity index is 700. The maximum Gasteiger partial charge on any atom is 0.141 e. The van der Waals surface area contributed by atoms with Gasteiger partial charge >= 0.3 is 0 Å². The number of halogens is 2. The largest absolute Gasteiger partial charge is 0.206 e. The summed E-state index contributed by atoms with van der Waals surface area (Å²) >= 11 is 0. The Morgan fingerprint density at radius 3 is 1.45 bits per heavy atom. The summed E-state index contributed by atoms with van der Waals surface area (Å²) < 4.78 is 26.8. The standard InChI is InChI=1S/C16H8F2N2/c17-15-7-11(3-5-13(15)9-19)1-2-12-4-6-14(10-20)16(18)8-12/h1-8H. The van der Waals surface area contributed by atoms with Crippen molar-refractivity contribution in [1.82, 2.24) is 0 Å². The first-order valence-electron chi connectivity index (χ1n) is 5.71. The highest BCUT2D eigenvalue weighted by molar-refractivity contribution is 5.70.